The first-order valence-corrected chi connectivity index (χ1v) is 10.1. The molecule has 27 heavy (non-hydrogen) atoms. The number of pyridine rings is 1. The van der Waals surface area contributed by atoms with Crippen molar-refractivity contribution in [2.75, 3.05) is 19.6 Å². The van der Waals surface area contributed by atoms with Gasteiger partial charge in [0.1, 0.15) is 0 Å². The molecule has 1 aromatic carbocycles. The van der Waals surface area contributed by atoms with Crippen molar-refractivity contribution in [3.8, 4) is 0 Å². The van der Waals surface area contributed by atoms with Gasteiger partial charge in [0, 0.05) is 49.2 Å². The van der Waals surface area contributed by atoms with E-state index >= 15 is 0 Å². The monoisotopic (exact) mass is 390 g/mol. The first kappa shape index (κ1) is 19.2. The Labute approximate surface area is 158 Å². The van der Waals surface area contributed by atoms with Gasteiger partial charge < -0.3 is 10.6 Å². The number of rotatable bonds is 5. The molecule has 2 N–H and O–H groups in total. The van der Waals surface area contributed by atoms with E-state index < -0.39 is 10.0 Å². The molecule has 1 aromatic heterocycles. The third kappa shape index (κ3) is 4.09. The van der Waals surface area contributed by atoms with Gasteiger partial charge in [0.25, 0.3) is 0 Å². The molecule has 9 heteroatoms. The number of aromatic nitrogens is 1. The molecular weight excluding hydrogens is 368 g/mol. The smallest absolute Gasteiger partial charge is 0.243 e. The maximum absolute atomic E-state index is 13.2. The van der Waals surface area contributed by atoms with Gasteiger partial charge in [-0.2, -0.15) is 4.31 Å². The lowest BCUT2D eigenvalue weighted by molar-refractivity contribution is -0.125. The van der Waals surface area contributed by atoms with Crippen LogP contribution in [0.3, 0.4) is 0 Å². The van der Waals surface area contributed by atoms with Crippen LogP contribution in [0.2, 0.25) is 0 Å². The highest BCUT2D eigenvalue weighted by atomic mass is 32.2. The topological polar surface area (TPSA) is 108 Å². The normalized spacial score (nSPS) is 17.8. The summed E-state index contributed by atoms with van der Waals surface area (Å²) in [6, 6.07) is 4.87. The second-order valence-corrected chi connectivity index (χ2v) is 8.54. The lowest BCUT2D eigenvalue weighted by Gasteiger charge is -2.19. The second-order valence-electron chi connectivity index (χ2n) is 6.64. The number of carbonyl (C=O) groups excluding carboxylic acids is 2. The Morgan fingerprint density at radius 1 is 1.30 bits per heavy atom. The summed E-state index contributed by atoms with van der Waals surface area (Å²) in [7, 11) is -3.70. The fraction of sp³-hybridized carbons (Fsp3) is 0.389. The van der Waals surface area contributed by atoms with E-state index in [1.807, 2.05) is 13.0 Å². The highest BCUT2D eigenvalue weighted by Crippen LogP contribution is 2.29. The maximum Gasteiger partial charge on any atom is 0.243 e. The molecule has 2 aromatic rings. The third-order valence-electron chi connectivity index (χ3n) is 4.57. The Hall–Kier alpha value is -2.52. The number of aryl methyl sites for hydroxylation is 1. The number of amides is 2. The van der Waals surface area contributed by atoms with Crippen molar-refractivity contribution in [3.05, 3.63) is 36.2 Å². The first-order valence-electron chi connectivity index (χ1n) is 8.66. The van der Waals surface area contributed by atoms with Crippen molar-refractivity contribution < 1.29 is 18.0 Å². The van der Waals surface area contributed by atoms with Crippen LogP contribution in [0.5, 0.6) is 0 Å². The van der Waals surface area contributed by atoms with Crippen LogP contribution in [-0.2, 0) is 19.6 Å². The molecule has 1 atom stereocenters. The maximum atomic E-state index is 13.2. The van der Waals surface area contributed by atoms with E-state index in [0.717, 1.165) is 10.9 Å². The molecule has 0 spiro atoms. The van der Waals surface area contributed by atoms with Crippen LogP contribution < -0.4 is 10.6 Å². The van der Waals surface area contributed by atoms with Crippen LogP contribution >= 0.6 is 0 Å². The molecule has 1 aliphatic rings. The van der Waals surface area contributed by atoms with Crippen molar-refractivity contribution >= 4 is 32.6 Å². The van der Waals surface area contributed by atoms with E-state index in [1.165, 1.54) is 11.2 Å². The van der Waals surface area contributed by atoms with Crippen LogP contribution in [0.15, 0.2) is 35.5 Å². The second kappa shape index (κ2) is 7.61. The third-order valence-corrected chi connectivity index (χ3v) is 6.47. The molecule has 8 nitrogen and oxygen atoms in total. The standard InChI is InChI=1S/C18H22N4O4S/c1-12-8-19-9-14-4-3-5-16(18(12)14)27(25,26)22-7-6-15(11-22)21-17(24)10-20-13(2)23/h3-5,8-9,15H,6-7,10-11H2,1-2H3,(H,20,23)(H,21,24)/t15-/m0/s1. The van der Waals surface area contributed by atoms with Gasteiger partial charge in [-0.05, 0) is 25.0 Å². The molecule has 2 heterocycles. The minimum absolute atomic E-state index is 0.117. The van der Waals surface area contributed by atoms with Crippen LogP contribution in [0.4, 0.5) is 0 Å². The molecular formula is C18H22N4O4S. The zero-order chi connectivity index (χ0) is 19.6. The summed E-state index contributed by atoms with van der Waals surface area (Å²) in [4.78, 5) is 27.1. The highest BCUT2D eigenvalue weighted by molar-refractivity contribution is 7.89. The minimum Gasteiger partial charge on any atom is -0.350 e. The average Bonchev–Trinajstić information content (AvgIpc) is 3.09. The van der Waals surface area contributed by atoms with E-state index in [2.05, 4.69) is 15.6 Å². The number of sulfonamides is 1. The molecule has 2 amide bonds. The van der Waals surface area contributed by atoms with E-state index in [9.17, 15) is 18.0 Å². The van der Waals surface area contributed by atoms with Crippen molar-refractivity contribution in [1.82, 2.24) is 19.9 Å². The zero-order valence-corrected chi connectivity index (χ0v) is 16.0. The van der Waals surface area contributed by atoms with Crippen molar-refractivity contribution in [3.63, 3.8) is 0 Å². The van der Waals surface area contributed by atoms with E-state index in [-0.39, 0.29) is 35.8 Å². The fourth-order valence-electron chi connectivity index (χ4n) is 3.27. The van der Waals surface area contributed by atoms with Gasteiger partial charge in [-0.3, -0.25) is 14.6 Å². The number of benzene rings is 1. The Morgan fingerprint density at radius 2 is 2.07 bits per heavy atom. The molecule has 0 bridgehead atoms. The summed E-state index contributed by atoms with van der Waals surface area (Å²) in [6.45, 7) is 3.58. The first-order chi connectivity index (χ1) is 12.8. The van der Waals surface area contributed by atoms with Crippen LogP contribution in [0.1, 0.15) is 18.9 Å². The highest BCUT2D eigenvalue weighted by Gasteiger charge is 2.34. The average molecular weight is 390 g/mol. The van der Waals surface area contributed by atoms with Gasteiger partial charge in [0.15, 0.2) is 0 Å². The summed E-state index contributed by atoms with van der Waals surface area (Å²) in [6.07, 6.45) is 3.82. The molecule has 1 saturated heterocycles. The Kier molecular flexibility index (Phi) is 5.43. The van der Waals surface area contributed by atoms with E-state index in [1.54, 1.807) is 24.5 Å². The van der Waals surface area contributed by atoms with Gasteiger partial charge in [-0.15, -0.1) is 0 Å². The van der Waals surface area contributed by atoms with Gasteiger partial charge in [0.2, 0.25) is 21.8 Å². The number of fused-ring (bicyclic) bond motifs is 1. The number of nitrogens with one attached hydrogen (secondary N) is 2. The van der Waals surface area contributed by atoms with E-state index in [4.69, 9.17) is 0 Å². The molecule has 0 unspecified atom stereocenters. The molecule has 144 valence electrons. The van der Waals surface area contributed by atoms with Gasteiger partial charge in [0.05, 0.1) is 11.4 Å². The van der Waals surface area contributed by atoms with Crippen LogP contribution in [0, 0.1) is 6.92 Å². The Balaban J connectivity index is 1.78. The molecule has 1 aliphatic heterocycles. The summed E-state index contributed by atoms with van der Waals surface area (Å²) >= 11 is 0. The quantitative estimate of drug-likeness (QED) is 0.775. The number of hydrogen-bond acceptors (Lipinski definition) is 5. The van der Waals surface area contributed by atoms with Gasteiger partial charge in [-0.25, -0.2) is 8.42 Å². The molecule has 0 aliphatic carbocycles. The van der Waals surface area contributed by atoms with Crippen molar-refractivity contribution in [1.29, 1.82) is 0 Å². The Bertz CT molecular complexity index is 985. The van der Waals surface area contributed by atoms with Gasteiger partial charge >= 0.3 is 0 Å². The number of nitrogens with zero attached hydrogens (tertiary/aromatic N) is 2. The Morgan fingerprint density at radius 3 is 2.81 bits per heavy atom. The largest absolute Gasteiger partial charge is 0.350 e. The number of carbonyl (C=O) groups is 2. The molecule has 0 saturated carbocycles. The van der Waals surface area contributed by atoms with Crippen molar-refractivity contribution in [2.24, 2.45) is 0 Å². The van der Waals surface area contributed by atoms with Gasteiger partial charge in [-0.1, -0.05) is 12.1 Å². The molecule has 0 radical (unpaired) electrons. The summed E-state index contributed by atoms with van der Waals surface area (Å²) in [5, 5.41) is 6.64. The summed E-state index contributed by atoms with van der Waals surface area (Å²) < 4.78 is 27.8. The zero-order valence-electron chi connectivity index (χ0n) is 15.2. The van der Waals surface area contributed by atoms with Crippen LogP contribution in [0.25, 0.3) is 10.8 Å². The fourth-order valence-corrected chi connectivity index (χ4v) is 5.06. The summed E-state index contributed by atoms with van der Waals surface area (Å²) in [5.74, 6) is -0.622. The minimum atomic E-state index is -3.70. The summed E-state index contributed by atoms with van der Waals surface area (Å²) in [5.41, 5.74) is 0.797. The predicted molar refractivity (Wildman–Crippen MR) is 100 cm³/mol. The van der Waals surface area contributed by atoms with E-state index in [0.29, 0.717) is 18.4 Å². The molecule has 3 rings (SSSR count). The van der Waals surface area contributed by atoms with Crippen molar-refractivity contribution in [2.45, 2.75) is 31.2 Å². The number of hydrogen-bond donors (Lipinski definition) is 2. The SMILES string of the molecule is CC(=O)NCC(=O)N[C@H]1CCN(S(=O)(=O)c2cccc3cncc(C)c23)C1. The lowest BCUT2D eigenvalue weighted by Crippen LogP contribution is -2.43. The van der Waals surface area contributed by atoms with Crippen LogP contribution in [-0.4, -0.2) is 55.2 Å². The predicted octanol–water partition coefficient (Wildman–Crippen LogP) is 0.559. The lowest BCUT2D eigenvalue weighted by atomic mass is 10.1. The molecule has 1 fully saturated rings.